The number of sulfone groups is 1. The first kappa shape index (κ1) is 15.4. The number of amides is 2. The molecule has 0 aliphatic carbocycles. The van der Waals surface area contributed by atoms with Gasteiger partial charge in [0.15, 0.2) is 14.8 Å². The minimum absolute atomic E-state index is 0.0266. The second-order valence-corrected chi connectivity index (χ2v) is 8.79. The van der Waals surface area contributed by atoms with Crippen LogP contribution in [0.15, 0.2) is 5.38 Å². The van der Waals surface area contributed by atoms with E-state index < -0.39 is 15.7 Å². The number of carbonyl (C=O) groups is 2. The zero-order chi connectivity index (χ0) is 15.9. The molecule has 2 amide bonds. The maximum Gasteiger partial charge on any atom is 0.280 e. The van der Waals surface area contributed by atoms with Crippen LogP contribution in [0.25, 0.3) is 0 Å². The molecule has 22 heavy (non-hydrogen) atoms. The second-order valence-electron chi connectivity index (χ2n) is 5.77. The van der Waals surface area contributed by atoms with Crippen molar-refractivity contribution in [1.29, 1.82) is 0 Å². The van der Waals surface area contributed by atoms with Crippen molar-refractivity contribution in [2.24, 2.45) is 0 Å². The number of hydrogen-bond donors (Lipinski definition) is 1. The first-order valence-electron chi connectivity index (χ1n) is 7.13. The van der Waals surface area contributed by atoms with Gasteiger partial charge in [-0.1, -0.05) is 0 Å². The van der Waals surface area contributed by atoms with E-state index in [2.05, 4.69) is 10.3 Å². The fourth-order valence-corrected chi connectivity index (χ4v) is 4.74. The molecule has 1 unspecified atom stereocenters. The largest absolute Gasteiger partial charge is 0.345 e. The normalized spacial score (nSPS) is 24.0. The van der Waals surface area contributed by atoms with Crippen molar-refractivity contribution in [3.8, 4) is 0 Å². The third kappa shape index (κ3) is 3.00. The second kappa shape index (κ2) is 5.62. The van der Waals surface area contributed by atoms with Gasteiger partial charge in [0.1, 0.15) is 5.69 Å². The average Bonchev–Trinajstić information content (AvgIpc) is 3.04. The zero-order valence-electron chi connectivity index (χ0n) is 12.1. The van der Waals surface area contributed by atoms with Gasteiger partial charge in [0, 0.05) is 18.0 Å². The van der Waals surface area contributed by atoms with Crippen LogP contribution in [0, 0.1) is 0 Å². The summed E-state index contributed by atoms with van der Waals surface area (Å²) in [6.07, 6.45) is 1.97. The van der Waals surface area contributed by atoms with Crippen LogP contribution in [-0.4, -0.2) is 60.3 Å². The molecule has 1 N–H and O–H groups in total. The van der Waals surface area contributed by atoms with E-state index in [4.69, 9.17) is 0 Å². The maximum absolute atomic E-state index is 12.3. The Bertz CT molecular complexity index is 701. The van der Waals surface area contributed by atoms with Gasteiger partial charge in [-0.15, -0.1) is 11.3 Å². The van der Waals surface area contributed by atoms with E-state index in [0.717, 1.165) is 30.7 Å². The van der Waals surface area contributed by atoms with Gasteiger partial charge in [0.05, 0.1) is 17.5 Å². The molecule has 1 aromatic heterocycles. The molecule has 2 aliphatic heterocycles. The van der Waals surface area contributed by atoms with Crippen LogP contribution in [-0.2, 0) is 9.84 Å². The van der Waals surface area contributed by atoms with E-state index in [1.165, 1.54) is 0 Å². The molecule has 2 aliphatic rings. The molecule has 2 saturated heterocycles. The van der Waals surface area contributed by atoms with Crippen molar-refractivity contribution >= 4 is 33.0 Å². The van der Waals surface area contributed by atoms with Gasteiger partial charge in [0.2, 0.25) is 0 Å². The van der Waals surface area contributed by atoms with Crippen LogP contribution in [0.1, 0.15) is 40.1 Å². The van der Waals surface area contributed by atoms with Gasteiger partial charge in [-0.05, 0) is 19.8 Å². The van der Waals surface area contributed by atoms with Gasteiger partial charge in [-0.25, -0.2) is 13.4 Å². The topological polar surface area (TPSA) is 96.4 Å². The molecule has 2 fully saturated rings. The van der Waals surface area contributed by atoms with E-state index in [-0.39, 0.29) is 40.2 Å². The van der Waals surface area contributed by atoms with Crippen LogP contribution in [0.4, 0.5) is 0 Å². The summed E-state index contributed by atoms with van der Waals surface area (Å²) < 4.78 is 22.1. The number of carbonyl (C=O) groups excluding carboxylic acids is 2. The highest BCUT2D eigenvalue weighted by atomic mass is 32.2. The monoisotopic (exact) mass is 343 g/mol. The maximum atomic E-state index is 12.3. The van der Waals surface area contributed by atoms with Gasteiger partial charge >= 0.3 is 0 Å². The molecule has 1 atom stereocenters. The highest BCUT2D eigenvalue weighted by Crippen LogP contribution is 2.21. The molecule has 3 heterocycles. The Morgan fingerprint density at radius 2 is 2.14 bits per heavy atom. The highest BCUT2D eigenvalue weighted by molar-refractivity contribution is 7.92. The van der Waals surface area contributed by atoms with Crippen LogP contribution in [0.2, 0.25) is 0 Å². The number of nitrogens with zero attached hydrogens (tertiary/aromatic N) is 2. The molecular weight excluding hydrogens is 326 g/mol. The van der Waals surface area contributed by atoms with Crippen molar-refractivity contribution in [2.75, 3.05) is 18.1 Å². The van der Waals surface area contributed by atoms with Gasteiger partial charge in [-0.2, -0.15) is 0 Å². The SMILES string of the molecule is CC1CCCN1C(=O)c1csc(C(=O)NC2CS(=O)(=O)C2)n1. The minimum Gasteiger partial charge on any atom is -0.345 e. The molecule has 0 radical (unpaired) electrons. The molecule has 0 saturated carbocycles. The van der Waals surface area contributed by atoms with Crippen molar-refractivity contribution in [3.05, 3.63) is 16.1 Å². The molecule has 7 nitrogen and oxygen atoms in total. The summed E-state index contributed by atoms with van der Waals surface area (Å²) in [6.45, 7) is 2.72. The highest BCUT2D eigenvalue weighted by Gasteiger charge is 2.35. The molecule has 0 bridgehead atoms. The summed E-state index contributed by atoms with van der Waals surface area (Å²) in [5.41, 5.74) is 0.283. The van der Waals surface area contributed by atoms with Crippen LogP contribution in [0.5, 0.6) is 0 Å². The van der Waals surface area contributed by atoms with Crippen molar-refractivity contribution in [1.82, 2.24) is 15.2 Å². The predicted octanol–water partition coefficient (Wildman–Crippen LogP) is 0.294. The third-order valence-electron chi connectivity index (χ3n) is 3.98. The summed E-state index contributed by atoms with van der Waals surface area (Å²) >= 11 is 1.10. The number of nitrogens with one attached hydrogen (secondary N) is 1. The standard InChI is InChI=1S/C13H17N3O4S2/c1-8-3-2-4-16(8)13(18)10-5-21-12(15-10)11(17)14-9-6-22(19,20)7-9/h5,8-9H,2-4,6-7H2,1H3,(H,14,17). The Kier molecular flexibility index (Phi) is 3.94. The Morgan fingerprint density at radius 1 is 1.41 bits per heavy atom. The van der Waals surface area contributed by atoms with E-state index >= 15 is 0 Å². The third-order valence-corrected chi connectivity index (χ3v) is 6.64. The molecule has 9 heteroatoms. The number of likely N-dealkylation sites (tertiary alicyclic amines) is 1. The van der Waals surface area contributed by atoms with Crippen molar-refractivity contribution in [2.45, 2.75) is 31.8 Å². The Hall–Kier alpha value is -1.48. The lowest BCUT2D eigenvalue weighted by atomic mass is 10.2. The predicted molar refractivity (Wildman–Crippen MR) is 81.8 cm³/mol. The zero-order valence-corrected chi connectivity index (χ0v) is 13.7. The lowest BCUT2D eigenvalue weighted by Crippen LogP contribution is -2.52. The molecule has 120 valence electrons. The molecule has 1 aromatic rings. The van der Waals surface area contributed by atoms with E-state index in [9.17, 15) is 18.0 Å². The van der Waals surface area contributed by atoms with Crippen LogP contribution in [0.3, 0.4) is 0 Å². The van der Waals surface area contributed by atoms with Gasteiger partial charge in [0.25, 0.3) is 11.8 Å². The molecular formula is C13H17N3O4S2. The smallest absolute Gasteiger partial charge is 0.280 e. The van der Waals surface area contributed by atoms with Gasteiger partial charge in [-0.3, -0.25) is 9.59 Å². The van der Waals surface area contributed by atoms with Crippen molar-refractivity contribution in [3.63, 3.8) is 0 Å². The molecule has 3 rings (SSSR count). The lowest BCUT2D eigenvalue weighted by Gasteiger charge is -2.25. The molecule has 0 spiro atoms. The van der Waals surface area contributed by atoms with E-state index in [1.807, 2.05) is 6.92 Å². The number of rotatable bonds is 3. The Labute approximate surface area is 132 Å². The summed E-state index contributed by atoms with van der Waals surface area (Å²) in [6, 6.07) is -0.147. The fraction of sp³-hybridized carbons (Fsp3) is 0.615. The average molecular weight is 343 g/mol. The summed E-state index contributed by atoms with van der Waals surface area (Å²) in [5.74, 6) is -0.618. The molecule has 0 aromatic carbocycles. The van der Waals surface area contributed by atoms with Crippen molar-refractivity contribution < 1.29 is 18.0 Å². The summed E-state index contributed by atoms with van der Waals surface area (Å²) in [5, 5.41) is 4.40. The summed E-state index contributed by atoms with van der Waals surface area (Å²) in [4.78, 5) is 30.2. The van der Waals surface area contributed by atoms with Crippen LogP contribution < -0.4 is 5.32 Å². The van der Waals surface area contributed by atoms with Gasteiger partial charge < -0.3 is 10.2 Å². The Balaban J connectivity index is 1.63. The number of aromatic nitrogens is 1. The van der Waals surface area contributed by atoms with E-state index in [1.54, 1.807) is 10.3 Å². The van der Waals surface area contributed by atoms with E-state index in [0.29, 0.717) is 0 Å². The first-order chi connectivity index (χ1) is 10.4. The quantitative estimate of drug-likeness (QED) is 0.851. The Morgan fingerprint density at radius 3 is 2.73 bits per heavy atom. The van der Waals surface area contributed by atoms with Crippen LogP contribution >= 0.6 is 11.3 Å². The fourth-order valence-electron chi connectivity index (χ4n) is 2.75. The minimum atomic E-state index is -2.98. The first-order valence-corrected chi connectivity index (χ1v) is 9.83. The summed E-state index contributed by atoms with van der Waals surface area (Å²) in [7, 11) is -2.98. The number of thiazole rings is 1. The lowest BCUT2D eigenvalue weighted by molar-refractivity contribution is 0.0742. The number of hydrogen-bond acceptors (Lipinski definition) is 6.